The highest BCUT2D eigenvalue weighted by Gasteiger charge is 2.21. The Morgan fingerprint density at radius 1 is 0.267 bits per heavy atom. The molecule has 7 aromatic carbocycles. The molecule has 0 fully saturated rings. The van der Waals surface area contributed by atoms with Gasteiger partial charge in [-0.2, -0.15) is 0 Å². The minimum Gasteiger partial charge on any atom is -0.309 e. The Morgan fingerprint density at radius 2 is 0.733 bits per heavy atom. The van der Waals surface area contributed by atoms with Crippen molar-refractivity contribution in [3.8, 4) is 17.1 Å². The molecule has 0 aliphatic rings. The van der Waals surface area contributed by atoms with Crippen LogP contribution in [-0.4, -0.2) is 13.7 Å². The van der Waals surface area contributed by atoms with E-state index in [4.69, 9.17) is 0 Å². The SMILES string of the molecule is c1ccc(-n2c3ccccc3c3ccc(-n4c5ccccc5c5ccc6c(c7ccccc7n6-c6ccccc6)c54)cc32)cc1. The van der Waals surface area contributed by atoms with E-state index in [1.54, 1.807) is 0 Å². The normalized spacial score (nSPS) is 12.0. The lowest BCUT2D eigenvalue weighted by molar-refractivity contribution is 1.16. The average molecular weight is 574 g/mol. The smallest absolute Gasteiger partial charge is 0.0641 e. The van der Waals surface area contributed by atoms with Crippen LogP contribution in [0.4, 0.5) is 0 Å². The van der Waals surface area contributed by atoms with Crippen molar-refractivity contribution in [2.75, 3.05) is 0 Å². The molecule has 3 heterocycles. The summed E-state index contributed by atoms with van der Waals surface area (Å²) < 4.78 is 7.29. The first-order valence-electron chi connectivity index (χ1n) is 15.5. The van der Waals surface area contributed by atoms with Crippen LogP contribution in [0.1, 0.15) is 0 Å². The number of hydrogen-bond donors (Lipinski definition) is 0. The number of nitrogens with zero attached hydrogens (tertiary/aromatic N) is 3. The highest BCUT2D eigenvalue weighted by atomic mass is 15.0. The van der Waals surface area contributed by atoms with Crippen LogP contribution in [0.15, 0.2) is 164 Å². The fourth-order valence-corrected chi connectivity index (χ4v) is 7.59. The molecule has 3 aromatic heterocycles. The lowest BCUT2D eigenvalue weighted by Gasteiger charge is -2.12. The molecule has 0 radical (unpaired) electrons. The Hall–Kier alpha value is -6.06. The van der Waals surface area contributed by atoms with Gasteiger partial charge in [0, 0.05) is 49.4 Å². The first-order valence-corrected chi connectivity index (χ1v) is 15.5. The van der Waals surface area contributed by atoms with Gasteiger partial charge in [0.05, 0.1) is 33.1 Å². The molecular formula is C42H27N3. The molecule has 0 amide bonds. The summed E-state index contributed by atoms with van der Waals surface area (Å²) in [6.45, 7) is 0. The zero-order chi connectivity index (χ0) is 29.5. The average Bonchev–Trinajstić information content (AvgIpc) is 3.74. The summed E-state index contributed by atoms with van der Waals surface area (Å²) in [5, 5.41) is 7.56. The van der Waals surface area contributed by atoms with Crippen molar-refractivity contribution in [1.82, 2.24) is 13.7 Å². The molecule has 0 atom stereocenters. The largest absolute Gasteiger partial charge is 0.309 e. The van der Waals surface area contributed by atoms with Crippen LogP contribution in [0.3, 0.4) is 0 Å². The molecule has 10 aromatic rings. The molecule has 0 saturated heterocycles. The summed E-state index contributed by atoms with van der Waals surface area (Å²) in [7, 11) is 0. The van der Waals surface area contributed by atoms with Gasteiger partial charge in [-0.3, -0.25) is 0 Å². The second kappa shape index (κ2) is 9.22. The van der Waals surface area contributed by atoms with E-state index in [2.05, 4.69) is 177 Å². The van der Waals surface area contributed by atoms with Gasteiger partial charge in [0.25, 0.3) is 0 Å². The Balaban J connectivity index is 1.38. The second-order valence-electron chi connectivity index (χ2n) is 11.8. The van der Waals surface area contributed by atoms with Gasteiger partial charge >= 0.3 is 0 Å². The van der Waals surface area contributed by atoms with Crippen LogP contribution in [0.2, 0.25) is 0 Å². The number of fused-ring (bicyclic) bond motifs is 10. The molecule has 45 heavy (non-hydrogen) atoms. The van der Waals surface area contributed by atoms with Crippen LogP contribution in [0.5, 0.6) is 0 Å². The van der Waals surface area contributed by atoms with Gasteiger partial charge in [0.1, 0.15) is 0 Å². The van der Waals surface area contributed by atoms with Crippen LogP contribution in [0, 0.1) is 0 Å². The van der Waals surface area contributed by atoms with Gasteiger partial charge in [-0.15, -0.1) is 0 Å². The van der Waals surface area contributed by atoms with Crippen molar-refractivity contribution in [1.29, 1.82) is 0 Å². The zero-order valence-electron chi connectivity index (χ0n) is 24.4. The highest BCUT2D eigenvalue weighted by molar-refractivity contribution is 6.26. The molecular weight excluding hydrogens is 546 g/mol. The number of aromatic nitrogens is 3. The molecule has 0 aliphatic heterocycles. The van der Waals surface area contributed by atoms with Gasteiger partial charge in [0.2, 0.25) is 0 Å². The summed E-state index contributed by atoms with van der Waals surface area (Å²) in [5.74, 6) is 0. The van der Waals surface area contributed by atoms with E-state index in [-0.39, 0.29) is 0 Å². The van der Waals surface area contributed by atoms with Crippen molar-refractivity contribution < 1.29 is 0 Å². The maximum atomic E-state index is 2.49. The van der Waals surface area contributed by atoms with Gasteiger partial charge in [-0.1, -0.05) is 103 Å². The quantitative estimate of drug-likeness (QED) is 0.200. The standard InChI is InChI=1S/C42H27N3/c1-3-13-28(14-4-1)43-38-22-12-9-19-35(38)41-39(43)26-25-34-32-18-8-11-21-37(32)45(42(34)41)30-23-24-33-31-17-7-10-20-36(31)44(40(33)27-30)29-15-5-2-6-16-29/h1-27H. The van der Waals surface area contributed by atoms with Gasteiger partial charge in [-0.25, -0.2) is 0 Å². The Kier molecular flexibility index (Phi) is 5.00. The fraction of sp³-hybridized carbons (Fsp3) is 0. The van der Waals surface area contributed by atoms with Crippen molar-refractivity contribution in [2.24, 2.45) is 0 Å². The minimum absolute atomic E-state index is 1.15. The van der Waals surface area contributed by atoms with Crippen LogP contribution in [-0.2, 0) is 0 Å². The van der Waals surface area contributed by atoms with Crippen LogP contribution in [0.25, 0.3) is 82.5 Å². The van der Waals surface area contributed by atoms with E-state index in [0.717, 1.165) is 11.4 Å². The number of rotatable bonds is 3. The van der Waals surface area contributed by atoms with Crippen LogP contribution < -0.4 is 0 Å². The Labute approximate surface area is 259 Å². The van der Waals surface area contributed by atoms with Gasteiger partial charge in [0.15, 0.2) is 0 Å². The summed E-state index contributed by atoms with van der Waals surface area (Å²) in [4.78, 5) is 0. The third kappa shape index (κ3) is 3.35. The van der Waals surface area contributed by atoms with E-state index in [1.807, 2.05) is 0 Å². The fourth-order valence-electron chi connectivity index (χ4n) is 7.59. The minimum atomic E-state index is 1.15. The summed E-state index contributed by atoms with van der Waals surface area (Å²) in [6.07, 6.45) is 0. The zero-order valence-corrected chi connectivity index (χ0v) is 24.4. The number of hydrogen-bond acceptors (Lipinski definition) is 0. The van der Waals surface area contributed by atoms with Gasteiger partial charge in [-0.05, 0) is 60.7 Å². The molecule has 0 bridgehead atoms. The molecule has 0 N–H and O–H groups in total. The van der Waals surface area contributed by atoms with Crippen molar-refractivity contribution in [3.63, 3.8) is 0 Å². The maximum absolute atomic E-state index is 2.49. The Bertz CT molecular complexity index is 2740. The molecule has 0 aliphatic carbocycles. The molecule has 0 unspecified atom stereocenters. The first-order chi connectivity index (χ1) is 22.4. The molecule has 3 nitrogen and oxygen atoms in total. The molecule has 0 spiro atoms. The predicted octanol–water partition coefficient (Wildman–Crippen LogP) is 11.0. The molecule has 3 heteroatoms. The number of benzene rings is 7. The van der Waals surface area contributed by atoms with E-state index in [1.165, 1.54) is 71.1 Å². The molecule has 0 saturated carbocycles. The number of para-hydroxylation sites is 5. The van der Waals surface area contributed by atoms with E-state index >= 15 is 0 Å². The third-order valence-corrected chi connectivity index (χ3v) is 9.41. The summed E-state index contributed by atoms with van der Waals surface area (Å²) in [5.41, 5.74) is 10.8. The highest BCUT2D eigenvalue weighted by Crippen LogP contribution is 2.42. The van der Waals surface area contributed by atoms with Crippen molar-refractivity contribution in [3.05, 3.63) is 164 Å². The monoisotopic (exact) mass is 573 g/mol. The van der Waals surface area contributed by atoms with E-state index in [0.29, 0.717) is 0 Å². The third-order valence-electron chi connectivity index (χ3n) is 9.41. The Morgan fingerprint density at radius 3 is 1.40 bits per heavy atom. The van der Waals surface area contributed by atoms with E-state index in [9.17, 15) is 0 Å². The van der Waals surface area contributed by atoms with Crippen LogP contribution >= 0.6 is 0 Å². The van der Waals surface area contributed by atoms with E-state index < -0.39 is 0 Å². The summed E-state index contributed by atoms with van der Waals surface area (Å²) in [6, 6.07) is 59.4. The molecule has 210 valence electrons. The second-order valence-corrected chi connectivity index (χ2v) is 11.8. The summed E-state index contributed by atoms with van der Waals surface area (Å²) >= 11 is 0. The lowest BCUT2D eigenvalue weighted by atomic mass is 10.1. The van der Waals surface area contributed by atoms with Gasteiger partial charge < -0.3 is 13.7 Å². The van der Waals surface area contributed by atoms with Crippen molar-refractivity contribution >= 4 is 65.4 Å². The topological polar surface area (TPSA) is 14.8 Å². The predicted molar refractivity (Wildman–Crippen MR) is 189 cm³/mol. The lowest BCUT2D eigenvalue weighted by Crippen LogP contribution is -1.97. The van der Waals surface area contributed by atoms with Crippen molar-refractivity contribution in [2.45, 2.75) is 0 Å². The first kappa shape index (κ1) is 24.4. The maximum Gasteiger partial charge on any atom is 0.0641 e. The molecule has 10 rings (SSSR count).